The van der Waals surface area contributed by atoms with Gasteiger partial charge in [0.25, 0.3) is 0 Å². The van der Waals surface area contributed by atoms with E-state index in [1.165, 1.54) is 33.2 Å². The molecule has 4 rings (SSSR count). The van der Waals surface area contributed by atoms with Crippen LogP contribution in [0.4, 0.5) is 0 Å². The Morgan fingerprint density at radius 1 is 1.20 bits per heavy atom. The minimum absolute atomic E-state index is 0.863. The van der Waals surface area contributed by atoms with Crippen LogP contribution in [0.3, 0.4) is 0 Å². The average Bonchev–Trinajstić information content (AvgIpc) is 3.04. The molecule has 0 amide bonds. The molecular formula is C17H15N3. The second kappa shape index (κ2) is 3.97. The summed E-state index contributed by atoms with van der Waals surface area (Å²) in [4.78, 5) is 7.65. The number of hydrogen-bond acceptors (Lipinski definition) is 2. The molecule has 1 aliphatic rings. The molecule has 1 aromatic carbocycles. The number of nitrogens with one attached hydrogen (secondary N) is 2. The molecule has 98 valence electrons. The van der Waals surface area contributed by atoms with E-state index in [9.17, 15) is 0 Å². The molecule has 0 spiro atoms. The Morgan fingerprint density at radius 3 is 3.00 bits per heavy atom. The van der Waals surface area contributed by atoms with Crippen molar-refractivity contribution < 1.29 is 0 Å². The molecule has 0 fully saturated rings. The van der Waals surface area contributed by atoms with Crippen LogP contribution in [0.1, 0.15) is 16.7 Å². The molecule has 1 aliphatic heterocycles. The molecule has 3 nitrogen and oxygen atoms in total. The Kier molecular flexibility index (Phi) is 2.24. The first-order valence-electron chi connectivity index (χ1n) is 6.73. The molecule has 3 heteroatoms. The van der Waals surface area contributed by atoms with Gasteiger partial charge in [-0.15, -0.1) is 0 Å². The van der Waals surface area contributed by atoms with Gasteiger partial charge < -0.3 is 10.3 Å². The maximum Gasteiger partial charge on any atom is 0.138 e. The van der Waals surface area contributed by atoms with Crippen molar-refractivity contribution in [3.05, 3.63) is 59.9 Å². The number of aromatic nitrogens is 2. The molecular weight excluding hydrogens is 246 g/mol. The first-order chi connectivity index (χ1) is 9.74. The molecule has 0 unspecified atom stereocenters. The largest absolute Gasteiger partial charge is 0.381 e. The number of benzene rings is 1. The fourth-order valence-corrected chi connectivity index (χ4v) is 2.95. The molecule has 3 aromatic rings. The zero-order chi connectivity index (χ0) is 13.7. The fourth-order valence-electron chi connectivity index (χ4n) is 2.95. The number of H-pyrrole nitrogens is 1. The number of hydrogen-bond donors (Lipinski definition) is 2. The summed E-state index contributed by atoms with van der Waals surface area (Å²) in [7, 11) is 0. The Labute approximate surface area is 117 Å². The lowest BCUT2D eigenvalue weighted by Crippen LogP contribution is -1.98. The van der Waals surface area contributed by atoms with Gasteiger partial charge in [-0.2, -0.15) is 0 Å². The Balaban J connectivity index is 1.94. The van der Waals surface area contributed by atoms with Crippen molar-refractivity contribution in [2.75, 3.05) is 0 Å². The van der Waals surface area contributed by atoms with Crippen molar-refractivity contribution in [2.45, 2.75) is 13.5 Å². The van der Waals surface area contributed by atoms with Crippen LogP contribution >= 0.6 is 0 Å². The van der Waals surface area contributed by atoms with Crippen LogP contribution in [0.15, 0.2) is 43.2 Å². The minimum Gasteiger partial charge on any atom is -0.381 e. The third-order valence-corrected chi connectivity index (χ3v) is 4.02. The van der Waals surface area contributed by atoms with Gasteiger partial charge in [-0.3, -0.25) is 0 Å². The van der Waals surface area contributed by atoms with Crippen LogP contribution in [-0.2, 0) is 6.54 Å². The van der Waals surface area contributed by atoms with Gasteiger partial charge in [0.2, 0.25) is 0 Å². The van der Waals surface area contributed by atoms with Crippen LogP contribution in [0.25, 0.3) is 27.9 Å². The summed E-state index contributed by atoms with van der Waals surface area (Å²) < 4.78 is 0. The quantitative estimate of drug-likeness (QED) is 0.702. The highest BCUT2D eigenvalue weighted by Crippen LogP contribution is 2.33. The second-order valence-corrected chi connectivity index (χ2v) is 5.26. The molecule has 3 heterocycles. The molecule has 0 radical (unpaired) electrons. The van der Waals surface area contributed by atoms with Gasteiger partial charge in [0.15, 0.2) is 0 Å². The Morgan fingerprint density at radius 2 is 2.10 bits per heavy atom. The lowest BCUT2D eigenvalue weighted by Gasteiger charge is -2.05. The van der Waals surface area contributed by atoms with Crippen LogP contribution in [-0.4, -0.2) is 9.97 Å². The van der Waals surface area contributed by atoms with E-state index in [1.807, 2.05) is 12.4 Å². The highest BCUT2D eigenvalue weighted by molar-refractivity contribution is 5.96. The molecule has 0 atom stereocenters. The highest BCUT2D eigenvalue weighted by atomic mass is 14.9. The van der Waals surface area contributed by atoms with Gasteiger partial charge in [0.1, 0.15) is 5.65 Å². The van der Waals surface area contributed by atoms with Crippen LogP contribution in [0, 0.1) is 6.92 Å². The summed E-state index contributed by atoms with van der Waals surface area (Å²) >= 11 is 0. The van der Waals surface area contributed by atoms with Gasteiger partial charge in [0, 0.05) is 41.1 Å². The van der Waals surface area contributed by atoms with Gasteiger partial charge >= 0.3 is 0 Å². The summed E-state index contributed by atoms with van der Waals surface area (Å²) in [6.07, 6.45) is 3.89. The molecule has 2 aromatic heterocycles. The van der Waals surface area contributed by atoms with Crippen LogP contribution < -0.4 is 5.32 Å². The second-order valence-electron chi connectivity index (χ2n) is 5.26. The minimum atomic E-state index is 0.863. The first kappa shape index (κ1) is 11.3. The number of nitrogens with zero attached hydrogens (tertiary/aromatic N) is 1. The van der Waals surface area contributed by atoms with E-state index >= 15 is 0 Å². The van der Waals surface area contributed by atoms with E-state index < -0.39 is 0 Å². The maximum absolute atomic E-state index is 4.39. The molecule has 0 saturated heterocycles. The van der Waals surface area contributed by atoms with Crippen molar-refractivity contribution >= 4 is 16.7 Å². The zero-order valence-electron chi connectivity index (χ0n) is 11.3. The topological polar surface area (TPSA) is 40.7 Å². The lowest BCUT2D eigenvalue weighted by molar-refractivity contribution is 0.946. The standard InChI is InChI=1S/C17H15N3/c1-10-5-6-18-17-16(10)15(9-20-17)12-3-4-14-11(2)19-8-13(14)7-12/h3-7,9,19H,2,8H2,1H3,(H,18,20). The van der Waals surface area contributed by atoms with Gasteiger partial charge in [0.05, 0.1) is 0 Å². The van der Waals surface area contributed by atoms with Gasteiger partial charge in [-0.25, -0.2) is 4.98 Å². The normalized spacial score (nSPS) is 13.6. The van der Waals surface area contributed by atoms with Crippen LogP contribution in [0.2, 0.25) is 0 Å². The maximum atomic E-state index is 4.39. The highest BCUT2D eigenvalue weighted by Gasteiger charge is 2.16. The van der Waals surface area contributed by atoms with Crippen molar-refractivity contribution in [2.24, 2.45) is 0 Å². The third-order valence-electron chi connectivity index (χ3n) is 4.02. The monoisotopic (exact) mass is 261 g/mol. The van der Waals surface area contributed by atoms with E-state index in [2.05, 4.69) is 53.1 Å². The molecule has 2 N–H and O–H groups in total. The van der Waals surface area contributed by atoms with Crippen molar-refractivity contribution in [3.8, 4) is 11.1 Å². The predicted molar refractivity (Wildman–Crippen MR) is 82.1 cm³/mol. The molecule has 0 bridgehead atoms. The molecule has 20 heavy (non-hydrogen) atoms. The summed E-state index contributed by atoms with van der Waals surface area (Å²) in [5.74, 6) is 0. The fraction of sp³-hybridized carbons (Fsp3) is 0.118. The zero-order valence-corrected chi connectivity index (χ0v) is 11.3. The number of pyridine rings is 1. The van der Waals surface area contributed by atoms with Crippen molar-refractivity contribution in [1.82, 2.24) is 15.3 Å². The van der Waals surface area contributed by atoms with Crippen molar-refractivity contribution in [3.63, 3.8) is 0 Å². The summed E-state index contributed by atoms with van der Waals surface area (Å²) in [6, 6.07) is 8.61. The predicted octanol–water partition coefficient (Wildman–Crippen LogP) is 3.61. The number of aromatic amines is 1. The smallest absolute Gasteiger partial charge is 0.138 e. The Hall–Kier alpha value is -2.55. The Bertz CT molecular complexity index is 843. The lowest BCUT2D eigenvalue weighted by atomic mass is 9.98. The van der Waals surface area contributed by atoms with E-state index in [1.54, 1.807) is 0 Å². The average molecular weight is 261 g/mol. The SMILES string of the molecule is C=C1NCc2cc(-c3c[nH]c4nccc(C)c34)ccc21. The number of aryl methyl sites for hydroxylation is 1. The number of rotatable bonds is 1. The van der Waals surface area contributed by atoms with Gasteiger partial charge in [-0.05, 0) is 35.7 Å². The van der Waals surface area contributed by atoms with Crippen molar-refractivity contribution in [1.29, 1.82) is 0 Å². The molecule has 0 saturated carbocycles. The summed E-state index contributed by atoms with van der Waals surface area (Å²) in [5.41, 5.74) is 8.18. The third kappa shape index (κ3) is 1.50. The van der Waals surface area contributed by atoms with Crippen LogP contribution in [0.5, 0.6) is 0 Å². The van der Waals surface area contributed by atoms with E-state index in [-0.39, 0.29) is 0 Å². The van der Waals surface area contributed by atoms with E-state index in [0.717, 1.165) is 17.9 Å². The van der Waals surface area contributed by atoms with E-state index in [0.29, 0.717) is 0 Å². The summed E-state index contributed by atoms with van der Waals surface area (Å²) in [6.45, 7) is 7.01. The van der Waals surface area contributed by atoms with Gasteiger partial charge in [-0.1, -0.05) is 18.7 Å². The number of fused-ring (bicyclic) bond motifs is 2. The first-order valence-corrected chi connectivity index (χ1v) is 6.73. The van der Waals surface area contributed by atoms with E-state index in [4.69, 9.17) is 0 Å². The summed E-state index contributed by atoms with van der Waals surface area (Å²) in [5, 5.41) is 4.50. The molecule has 0 aliphatic carbocycles.